The van der Waals surface area contributed by atoms with Gasteiger partial charge in [-0.05, 0) is 31.5 Å². The van der Waals surface area contributed by atoms with Gasteiger partial charge < -0.3 is 20.3 Å². The van der Waals surface area contributed by atoms with Gasteiger partial charge in [-0.15, -0.1) is 0 Å². The van der Waals surface area contributed by atoms with Gasteiger partial charge in [-0.1, -0.05) is 12.1 Å². The van der Waals surface area contributed by atoms with Crippen molar-refractivity contribution in [1.29, 1.82) is 0 Å². The van der Waals surface area contributed by atoms with Crippen molar-refractivity contribution in [2.45, 2.75) is 32.6 Å². The minimum absolute atomic E-state index is 0.165. The Balaban J connectivity index is 2.57. The molecule has 0 fully saturated rings. The van der Waals surface area contributed by atoms with E-state index in [1.807, 2.05) is 26.0 Å². The Hall–Kier alpha value is -1.43. The lowest BCUT2D eigenvalue weighted by atomic mass is 10.1. The molecule has 19 heavy (non-hydrogen) atoms. The lowest BCUT2D eigenvalue weighted by molar-refractivity contribution is 0.0656. The highest BCUT2D eigenvalue weighted by atomic mass is 16.5. The summed E-state index contributed by atoms with van der Waals surface area (Å²) in [6.45, 7) is 3.86. The number of benzene rings is 1. The Morgan fingerprint density at radius 1 is 1.21 bits per heavy atom. The lowest BCUT2D eigenvalue weighted by Gasteiger charge is -2.13. The second kappa shape index (κ2) is 7.89. The van der Waals surface area contributed by atoms with Crippen molar-refractivity contribution >= 4 is 5.91 Å². The van der Waals surface area contributed by atoms with Gasteiger partial charge in [0.15, 0.2) is 0 Å². The van der Waals surface area contributed by atoms with Crippen molar-refractivity contribution in [2.24, 2.45) is 0 Å². The van der Waals surface area contributed by atoms with Gasteiger partial charge in [0.2, 0.25) is 0 Å². The molecule has 0 saturated heterocycles. The second-order valence-electron chi connectivity index (χ2n) is 4.59. The largest absolute Gasteiger partial charge is 0.394 e. The molecule has 3 N–H and O–H groups in total. The number of aliphatic hydroxyl groups excluding tert-OH is 2. The maximum atomic E-state index is 11.8. The highest BCUT2D eigenvalue weighted by Crippen LogP contribution is 2.07. The summed E-state index contributed by atoms with van der Waals surface area (Å²) in [6, 6.07) is 6.41. The summed E-state index contributed by atoms with van der Waals surface area (Å²) in [6.07, 6.45) is 0.165. The molecular formula is C14H21NO4. The van der Waals surface area contributed by atoms with E-state index in [2.05, 4.69) is 5.32 Å². The summed E-state index contributed by atoms with van der Waals surface area (Å²) in [7, 11) is 0. The highest BCUT2D eigenvalue weighted by Gasteiger charge is 2.11. The van der Waals surface area contributed by atoms with E-state index in [4.69, 9.17) is 14.9 Å². The van der Waals surface area contributed by atoms with E-state index in [9.17, 15) is 4.79 Å². The summed E-state index contributed by atoms with van der Waals surface area (Å²) in [4.78, 5) is 11.8. The first-order valence-electron chi connectivity index (χ1n) is 6.30. The fraction of sp³-hybridized carbons (Fsp3) is 0.500. The Bertz CT molecular complexity index is 385. The quantitative estimate of drug-likeness (QED) is 0.679. The molecule has 0 spiro atoms. The number of ether oxygens (including phenoxy) is 1. The van der Waals surface area contributed by atoms with Crippen LogP contribution in [-0.4, -0.2) is 41.5 Å². The van der Waals surface area contributed by atoms with Gasteiger partial charge in [-0.2, -0.15) is 0 Å². The van der Waals surface area contributed by atoms with E-state index in [0.29, 0.717) is 12.2 Å². The zero-order chi connectivity index (χ0) is 14.3. The van der Waals surface area contributed by atoms with Crippen LogP contribution >= 0.6 is 0 Å². The van der Waals surface area contributed by atoms with Crippen molar-refractivity contribution in [3.8, 4) is 0 Å². The molecule has 0 radical (unpaired) electrons. The molecular weight excluding hydrogens is 246 g/mol. The molecule has 1 aromatic carbocycles. The van der Waals surface area contributed by atoms with Crippen LogP contribution in [0.3, 0.4) is 0 Å². The predicted molar refractivity (Wildman–Crippen MR) is 71.8 cm³/mol. The molecule has 0 atom stereocenters. The molecule has 0 bridgehead atoms. The summed E-state index contributed by atoms with van der Waals surface area (Å²) < 4.78 is 5.46. The first-order valence-corrected chi connectivity index (χ1v) is 6.30. The number of amides is 1. The molecule has 106 valence electrons. The van der Waals surface area contributed by atoms with Crippen LogP contribution in [0.5, 0.6) is 0 Å². The highest BCUT2D eigenvalue weighted by molar-refractivity contribution is 5.94. The number of carbonyl (C=O) groups excluding carboxylic acids is 1. The van der Waals surface area contributed by atoms with E-state index in [1.165, 1.54) is 0 Å². The average molecular weight is 267 g/mol. The SMILES string of the molecule is CC(C)OCc1ccc(C(=O)NC(CO)CO)cc1. The number of hydrogen-bond donors (Lipinski definition) is 3. The third-order valence-corrected chi connectivity index (χ3v) is 2.58. The zero-order valence-electron chi connectivity index (χ0n) is 11.3. The predicted octanol–water partition coefficient (Wildman–Crippen LogP) is 0.695. The number of hydrogen-bond acceptors (Lipinski definition) is 4. The van der Waals surface area contributed by atoms with Crippen molar-refractivity contribution in [3.05, 3.63) is 35.4 Å². The van der Waals surface area contributed by atoms with Crippen LogP contribution in [0.15, 0.2) is 24.3 Å². The van der Waals surface area contributed by atoms with Gasteiger partial charge in [-0.3, -0.25) is 4.79 Å². The molecule has 0 saturated carbocycles. The van der Waals surface area contributed by atoms with Crippen molar-refractivity contribution < 1.29 is 19.7 Å². The molecule has 5 heteroatoms. The Kier molecular flexibility index (Phi) is 6.49. The Morgan fingerprint density at radius 2 is 1.79 bits per heavy atom. The molecule has 1 aromatic rings. The minimum Gasteiger partial charge on any atom is -0.394 e. The van der Waals surface area contributed by atoms with Gasteiger partial charge in [0, 0.05) is 5.56 Å². The topological polar surface area (TPSA) is 78.8 Å². The summed E-state index contributed by atoms with van der Waals surface area (Å²) in [5, 5.41) is 20.3. The average Bonchev–Trinajstić information content (AvgIpc) is 2.42. The molecule has 1 amide bonds. The first kappa shape index (κ1) is 15.6. The van der Waals surface area contributed by atoms with Crippen LogP contribution in [0.25, 0.3) is 0 Å². The third kappa shape index (κ3) is 5.38. The van der Waals surface area contributed by atoms with E-state index >= 15 is 0 Å². The maximum Gasteiger partial charge on any atom is 0.251 e. The van der Waals surface area contributed by atoms with Crippen LogP contribution in [0.1, 0.15) is 29.8 Å². The Morgan fingerprint density at radius 3 is 2.26 bits per heavy atom. The number of rotatable bonds is 7. The molecule has 5 nitrogen and oxygen atoms in total. The fourth-order valence-corrected chi connectivity index (χ4v) is 1.43. The Labute approximate surface area is 113 Å². The number of carbonyl (C=O) groups is 1. The summed E-state index contributed by atoms with van der Waals surface area (Å²) >= 11 is 0. The van der Waals surface area contributed by atoms with E-state index in [0.717, 1.165) is 5.56 Å². The van der Waals surface area contributed by atoms with Crippen molar-refractivity contribution in [2.75, 3.05) is 13.2 Å². The molecule has 0 aromatic heterocycles. The molecule has 0 aliphatic heterocycles. The monoisotopic (exact) mass is 267 g/mol. The summed E-state index contributed by atoms with van der Waals surface area (Å²) in [5.41, 5.74) is 1.48. The van der Waals surface area contributed by atoms with Gasteiger partial charge >= 0.3 is 0 Å². The fourth-order valence-electron chi connectivity index (χ4n) is 1.43. The molecule has 0 unspecified atom stereocenters. The van der Waals surface area contributed by atoms with E-state index < -0.39 is 6.04 Å². The van der Waals surface area contributed by atoms with Crippen molar-refractivity contribution in [3.63, 3.8) is 0 Å². The van der Waals surface area contributed by atoms with Crippen LogP contribution in [0.2, 0.25) is 0 Å². The molecule has 0 aliphatic rings. The van der Waals surface area contributed by atoms with E-state index in [-0.39, 0.29) is 25.2 Å². The summed E-state index contributed by atoms with van der Waals surface area (Å²) in [5.74, 6) is -0.315. The smallest absolute Gasteiger partial charge is 0.251 e. The molecule has 0 aliphatic carbocycles. The molecule has 1 rings (SSSR count). The van der Waals surface area contributed by atoms with Gasteiger partial charge in [0.05, 0.1) is 32.0 Å². The zero-order valence-corrected chi connectivity index (χ0v) is 11.3. The van der Waals surface area contributed by atoms with Crippen molar-refractivity contribution in [1.82, 2.24) is 5.32 Å². The van der Waals surface area contributed by atoms with Crippen LogP contribution in [0, 0.1) is 0 Å². The maximum absolute atomic E-state index is 11.8. The standard InChI is InChI=1S/C14H21NO4/c1-10(2)19-9-11-3-5-12(6-4-11)14(18)15-13(7-16)8-17/h3-6,10,13,16-17H,7-9H2,1-2H3,(H,15,18). The number of nitrogens with one attached hydrogen (secondary N) is 1. The molecule has 0 heterocycles. The van der Waals surface area contributed by atoms with Gasteiger partial charge in [0.25, 0.3) is 5.91 Å². The normalized spacial score (nSPS) is 11.1. The van der Waals surface area contributed by atoms with Crippen LogP contribution in [0.4, 0.5) is 0 Å². The van der Waals surface area contributed by atoms with Crippen LogP contribution < -0.4 is 5.32 Å². The van der Waals surface area contributed by atoms with E-state index in [1.54, 1.807) is 12.1 Å². The second-order valence-corrected chi connectivity index (χ2v) is 4.59. The number of aliphatic hydroxyl groups is 2. The minimum atomic E-state index is -0.628. The van der Waals surface area contributed by atoms with Gasteiger partial charge in [-0.25, -0.2) is 0 Å². The van der Waals surface area contributed by atoms with Gasteiger partial charge in [0.1, 0.15) is 0 Å². The first-order chi connectivity index (χ1) is 9.06. The third-order valence-electron chi connectivity index (χ3n) is 2.58. The lowest BCUT2D eigenvalue weighted by Crippen LogP contribution is -2.40. The van der Waals surface area contributed by atoms with Crippen LogP contribution in [-0.2, 0) is 11.3 Å².